The van der Waals surface area contributed by atoms with Crippen molar-refractivity contribution in [1.82, 2.24) is 20.3 Å². The number of rotatable bonds is 6. The topological polar surface area (TPSA) is 88.6 Å². The molecule has 0 spiro atoms. The quantitative estimate of drug-likeness (QED) is 0.232. The molecule has 11 heteroatoms. The molecule has 1 aliphatic rings. The molecule has 3 aromatic rings. The third kappa shape index (κ3) is 4.68. The number of nitrogens with zero attached hydrogens (tertiary/aromatic N) is 3. The van der Waals surface area contributed by atoms with Crippen molar-refractivity contribution in [2.24, 2.45) is 4.99 Å². The van der Waals surface area contributed by atoms with Gasteiger partial charge < -0.3 is 15.2 Å². The number of imidazole rings is 1. The smallest absolute Gasteiger partial charge is 0.201 e. The van der Waals surface area contributed by atoms with E-state index in [9.17, 15) is 18.4 Å². The zero-order chi connectivity index (χ0) is 22.0. The van der Waals surface area contributed by atoms with Crippen LogP contribution in [0.3, 0.4) is 0 Å². The number of nitrogens with one attached hydrogen (secondary N) is 3. The molecule has 0 bridgehead atoms. The summed E-state index contributed by atoms with van der Waals surface area (Å²) in [4.78, 5) is 13.6. The molecule has 0 radical (unpaired) electrons. The van der Waals surface area contributed by atoms with Crippen LogP contribution in [0.5, 0.6) is 0 Å². The lowest BCUT2D eigenvalue weighted by molar-refractivity contribution is 0.235. The predicted octanol–water partition coefficient (Wildman–Crippen LogP) is 4.31. The molecule has 1 fully saturated rings. The minimum Gasteiger partial charge on any atom is -0.355 e. The molecule has 0 unspecified atom stereocenters. The number of aliphatic imine (C=N–C) groups is 1. The molecule has 2 heterocycles. The van der Waals surface area contributed by atoms with Crippen LogP contribution in [0.15, 0.2) is 33.7 Å². The van der Waals surface area contributed by atoms with E-state index in [-0.39, 0.29) is 38.5 Å². The number of likely N-dealkylation sites (tertiary alicyclic amines) is 1. The molecule has 7 nitrogen and oxygen atoms in total. The van der Waals surface area contributed by atoms with Gasteiger partial charge in [-0.2, -0.15) is 0 Å². The Kier molecular flexibility index (Phi) is 6.44. The predicted molar refractivity (Wildman–Crippen MR) is 115 cm³/mol. The number of aromatic amines is 1. The van der Waals surface area contributed by atoms with Gasteiger partial charge in [0.2, 0.25) is 5.95 Å². The third-order valence-electron chi connectivity index (χ3n) is 5.09. The van der Waals surface area contributed by atoms with E-state index in [0.29, 0.717) is 6.54 Å². The van der Waals surface area contributed by atoms with Crippen molar-refractivity contribution >= 4 is 44.4 Å². The van der Waals surface area contributed by atoms with Crippen LogP contribution in [0.25, 0.3) is 11.0 Å². The molecule has 31 heavy (non-hydrogen) atoms. The van der Waals surface area contributed by atoms with Gasteiger partial charge in [-0.3, -0.25) is 10.7 Å². The number of hydrogen-bond acceptors (Lipinski definition) is 5. The van der Waals surface area contributed by atoms with Crippen molar-refractivity contribution in [3.8, 4) is 0 Å². The average Bonchev–Trinajstić information content (AvgIpc) is 3.42. The van der Waals surface area contributed by atoms with Crippen LogP contribution in [0, 0.1) is 17.5 Å². The number of H-pyrrole nitrogens is 1. The van der Waals surface area contributed by atoms with Crippen LogP contribution in [-0.2, 0) is 0 Å². The second kappa shape index (κ2) is 9.25. The number of halogens is 4. The first kappa shape index (κ1) is 21.6. The van der Waals surface area contributed by atoms with Crippen molar-refractivity contribution in [3.63, 3.8) is 0 Å². The van der Waals surface area contributed by atoms with E-state index >= 15 is 0 Å². The van der Waals surface area contributed by atoms with E-state index in [2.05, 4.69) is 41.1 Å². The molecule has 2 aromatic carbocycles. The van der Waals surface area contributed by atoms with E-state index in [4.69, 9.17) is 0 Å². The number of fused-ring (bicyclic) bond motifs is 1. The van der Waals surface area contributed by atoms with E-state index in [1.165, 1.54) is 31.0 Å². The summed E-state index contributed by atoms with van der Waals surface area (Å²) >= 11 is 3.06. The van der Waals surface area contributed by atoms with E-state index in [1.807, 2.05) is 5.48 Å². The van der Waals surface area contributed by atoms with Crippen LogP contribution < -0.4 is 10.8 Å². The summed E-state index contributed by atoms with van der Waals surface area (Å²) in [5, 5.41) is 12.7. The first-order valence-corrected chi connectivity index (χ1v) is 10.5. The molecular formula is C20H20BrF3N6O. The minimum absolute atomic E-state index is 0.0666. The van der Waals surface area contributed by atoms with Gasteiger partial charge in [0, 0.05) is 18.7 Å². The highest BCUT2D eigenvalue weighted by atomic mass is 79.9. The molecule has 1 aliphatic heterocycles. The Morgan fingerprint density at radius 1 is 1.19 bits per heavy atom. The van der Waals surface area contributed by atoms with Gasteiger partial charge in [-0.05, 0) is 66.1 Å². The first-order chi connectivity index (χ1) is 15.0. The van der Waals surface area contributed by atoms with Crippen molar-refractivity contribution in [2.75, 3.05) is 31.5 Å². The lowest BCUT2D eigenvalue weighted by Gasteiger charge is -2.14. The van der Waals surface area contributed by atoms with Crippen LogP contribution in [0.1, 0.15) is 18.4 Å². The number of amidine groups is 1. The monoisotopic (exact) mass is 496 g/mol. The lowest BCUT2D eigenvalue weighted by atomic mass is 10.1. The van der Waals surface area contributed by atoms with Crippen LogP contribution >= 0.6 is 15.9 Å². The number of hydrogen-bond donors (Lipinski definition) is 4. The maximum atomic E-state index is 14.4. The summed E-state index contributed by atoms with van der Waals surface area (Å²) in [6, 6.07) is 4.87. The normalized spacial score (nSPS) is 15.1. The summed E-state index contributed by atoms with van der Waals surface area (Å²) in [7, 11) is 0. The molecule has 0 atom stereocenters. The van der Waals surface area contributed by atoms with Gasteiger partial charge in [0.1, 0.15) is 11.3 Å². The van der Waals surface area contributed by atoms with Gasteiger partial charge in [-0.25, -0.2) is 23.1 Å². The highest BCUT2D eigenvalue weighted by Gasteiger charge is 2.20. The fourth-order valence-electron chi connectivity index (χ4n) is 3.54. The Morgan fingerprint density at radius 3 is 2.68 bits per heavy atom. The highest BCUT2D eigenvalue weighted by Crippen LogP contribution is 2.27. The minimum atomic E-state index is -1.14. The second-order valence-electron chi connectivity index (χ2n) is 7.18. The van der Waals surface area contributed by atoms with E-state index in [1.54, 1.807) is 0 Å². The van der Waals surface area contributed by atoms with Gasteiger partial charge in [0.25, 0.3) is 0 Å². The maximum absolute atomic E-state index is 14.4. The van der Waals surface area contributed by atoms with Crippen LogP contribution in [-0.4, -0.2) is 52.1 Å². The van der Waals surface area contributed by atoms with Crippen LogP contribution in [0.4, 0.5) is 24.8 Å². The van der Waals surface area contributed by atoms with Crippen molar-refractivity contribution in [3.05, 3.63) is 51.8 Å². The summed E-state index contributed by atoms with van der Waals surface area (Å²) in [6.07, 6.45) is 2.36. The highest BCUT2D eigenvalue weighted by molar-refractivity contribution is 9.10. The zero-order valence-corrected chi connectivity index (χ0v) is 17.9. The molecule has 4 N–H and O–H groups in total. The Balaban J connectivity index is 1.66. The summed E-state index contributed by atoms with van der Waals surface area (Å²) in [6.45, 7) is 3.49. The number of benzene rings is 2. The Bertz CT molecular complexity index is 1130. The van der Waals surface area contributed by atoms with E-state index < -0.39 is 17.5 Å². The summed E-state index contributed by atoms with van der Waals surface area (Å²) in [5.41, 5.74) is 2.19. The number of hydroxylamine groups is 1. The molecule has 1 aromatic heterocycles. The van der Waals surface area contributed by atoms with Crippen LogP contribution in [0.2, 0.25) is 0 Å². The second-order valence-corrected chi connectivity index (χ2v) is 8.03. The largest absolute Gasteiger partial charge is 0.355 e. The molecular weight excluding hydrogens is 477 g/mol. The lowest BCUT2D eigenvalue weighted by Crippen LogP contribution is -2.26. The number of anilines is 1. The third-order valence-corrected chi connectivity index (χ3v) is 5.69. The van der Waals surface area contributed by atoms with Gasteiger partial charge in [-0.1, -0.05) is 0 Å². The van der Waals surface area contributed by atoms with Gasteiger partial charge in [0.15, 0.2) is 17.5 Å². The molecule has 1 saturated heterocycles. The maximum Gasteiger partial charge on any atom is 0.201 e. The average molecular weight is 497 g/mol. The zero-order valence-electron chi connectivity index (χ0n) is 16.4. The van der Waals surface area contributed by atoms with Crippen molar-refractivity contribution in [2.45, 2.75) is 12.8 Å². The molecule has 164 valence electrons. The summed E-state index contributed by atoms with van der Waals surface area (Å²) in [5.74, 6) is -2.60. The van der Waals surface area contributed by atoms with Gasteiger partial charge in [0.05, 0.1) is 15.7 Å². The molecule has 0 aliphatic carbocycles. The SMILES string of the molecule is ONC(=Nc1ccc(F)c(Br)c1)c1cc(F)c(F)c2nc(NCCN3CCCC3)[nH]c12. The fraction of sp³-hybridized carbons (Fsp3) is 0.300. The van der Waals surface area contributed by atoms with Crippen molar-refractivity contribution < 1.29 is 18.4 Å². The Hall–Kier alpha value is -2.63. The first-order valence-electron chi connectivity index (χ1n) is 9.74. The van der Waals surface area contributed by atoms with Crippen molar-refractivity contribution in [1.29, 1.82) is 0 Å². The standard InChI is InChI=1S/C20H20BrF3N6O/c21-13-9-11(3-4-14(13)22)26-19(29-31)12-10-15(23)16(24)18-17(12)27-20(28-18)25-5-8-30-6-1-2-7-30/h3-4,9-10,31H,1-2,5-8H2,(H,26,29)(H2,25,27,28). The Morgan fingerprint density at radius 2 is 1.97 bits per heavy atom. The molecule has 0 saturated carbocycles. The molecule has 0 amide bonds. The van der Waals surface area contributed by atoms with Gasteiger partial charge >= 0.3 is 0 Å². The molecule has 4 rings (SSSR count). The Labute approximate surface area is 184 Å². The fourth-order valence-corrected chi connectivity index (χ4v) is 3.91. The number of aromatic nitrogens is 2. The van der Waals surface area contributed by atoms with E-state index in [0.717, 1.165) is 25.7 Å². The van der Waals surface area contributed by atoms with Gasteiger partial charge in [-0.15, -0.1) is 0 Å². The summed E-state index contributed by atoms with van der Waals surface area (Å²) < 4.78 is 42.3.